The zero-order valence-corrected chi connectivity index (χ0v) is 13.5. The van der Waals surface area contributed by atoms with E-state index < -0.39 is 17.8 Å². The van der Waals surface area contributed by atoms with E-state index >= 15 is 0 Å². The number of benzene rings is 2. The van der Waals surface area contributed by atoms with Crippen molar-refractivity contribution in [2.24, 2.45) is 0 Å². The van der Waals surface area contributed by atoms with E-state index in [1.54, 1.807) is 18.2 Å². The first kappa shape index (κ1) is 15.7. The van der Waals surface area contributed by atoms with Gasteiger partial charge in [0.1, 0.15) is 0 Å². The van der Waals surface area contributed by atoms with Gasteiger partial charge in [-0.25, -0.2) is 4.79 Å². The summed E-state index contributed by atoms with van der Waals surface area (Å²) < 4.78 is 0. The van der Waals surface area contributed by atoms with E-state index in [1.165, 1.54) is 24.4 Å². The summed E-state index contributed by atoms with van der Waals surface area (Å²) in [5.74, 6) is -2.15. The van der Waals surface area contributed by atoms with Crippen LogP contribution in [0, 0.1) is 0 Å². The third kappa shape index (κ3) is 2.63. The molecule has 0 unspecified atom stereocenters. The molecule has 0 bridgehead atoms. The number of carbonyl (C=O) groups excluding carboxylic acids is 3. The zero-order valence-electron chi connectivity index (χ0n) is 13.5. The molecule has 0 saturated heterocycles. The van der Waals surface area contributed by atoms with Gasteiger partial charge < -0.3 is 4.84 Å². The third-order valence-corrected chi connectivity index (χ3v) is 4.00. The van der Waals surface area contributed by atoms with Gasteiger partial charge in [-0.1, -0.05) is 47.5 Å². The highest BCUT2D eigenvalue weighted by Gasteiger charge is 2.38. The zero-order chi connectivity index (χ0) is 18.1. The van der Waals surface area contributed by atoms with Crippen molar-refractivity contribution < 1.29 is 19.2 Å². The Bertz CT molecular complexity index is 978. The summed E-state index contributed by atoms with van der Waals surface area (Å²) in [6.07, 6.45) is 1.35. The van der Waals surface area contributed by atoms with Crippen molar-refractivity contribution in [1.29, 1.82) is 0 Å². The molecule has 0 radical (unpaired) electrons. The highest BCUT2D eigenvalue weighted by Crippen LogP contribution is 2.23. The number of carbonyl (C=O) groups is 3. The molecule has 1 aromatic heterocycles. The van der Waals surface area contributed by atoms with Crippen LogP contribution in [0.15, 0.2) is 72.9 Å². The van der Waals surface area contributed by atoms with Crippen LogP contribution in [0.1, 0.15) is 31.1 Å². The summed E-state index contributed by atoms with van der Waals surface area (Å²) >= 11 is 0. The van der Waals surface area contributed by atoms with E-state index in [-0.39, 0.29) is 16.7 Å². The fourth-order valence-electron chi connectivity index (χ4n) is 2.68. The molecule has 3 aromatic rings. The Labute approximate surface area is 148 Å². The molecule has 6 heteroatoms. The SMILES string of the molecule is O=C(ON1C(=O)c2ccccc2C1=O)c1ccc(-c2ccccc2)nc1. The number of fused-ring (bicyclic) bond motifs is 1. The predicted molar refractivity (Wildman–Crippen MR) is 92.0 cm³/mol. The molecule has 0 aliphatic carbocycles. The maximum Gasteiger partial charge on any atom is 0.365 e. The second-order valence-corrected chi connectivity index (χ2v) is 5.63. The van der Waals surface area contributed by atoms with Crippen LogP contribution < -0.4 is 0 Å². The first-order valence-electron chi connectivity index (χ1n) is 7.87. The van der Waals surface area contributed by atoms with Crippen LogP contribution >= 0.6 is 0 Å². The van der Waals surface area contributed by atoms with E-state index in [9.17, 15) is 14.4 Å². The van der Waals surface area contributed by atoms with Crippen LogP contribution in [-0.4, -0.2) is 27.8 Å². The van der Waals surface area contributed by atoms with Crippen LogP contribution in [0.4, 0.5) is 0 Å². The van der Waals surface area contributed by atoms with Crippen molar-refractivity contribution in [2.75, 3.05) is 0 Å². The number of rotatable bonds is 3. The minimum absolute atomic E-state index is 0.140. The fourth-order valence-corrected chi connectivity index (χ4v) is 2.68. The predicted octanol–water partition coefficient (Wildman–Crippen LogP) is 3.12. The third-order valence-electron chi connectivity index (χ3n) is 4.00. The number of nitrogens with zero attached hydrogens (tertiary/aromatic N) is 2. The Morgan fingerprint density at radius 3 is 2.00 bits per heavy atom. The molecule has 0 saturated carbocycles. The Hall–Kier alpha value is -3.80. The number of hydrogen-bond donors (Lipinski definition) is 0. The Balaban J connectivity index is 1.53. The number of imide groups is 1. The van der Waals surface area contributed by atoms with Gasteiger partial charge >= 0.3 is 5.97 Å². The minimum Gasteiger partial charge on any atom is -0.324 e. The molecule has 126 valence electrons. The normalized spacial score (nSPS) is 12.8. The van der Waals surface area contributed by atoms with Gasteiger partial charge in [0.25, 0.3) is 11.8 Å². The first-order chi connectivity index (χ1) is 12.6. The summed E-state index contributed by atoms with van der Waals surface area (Å²) in [5.41, 5.74) is 2.17. The number of hydroxylamine groups is 2. The van der Waals surface area contributed by atoms with Crippen molar-refractivity contribution in [2.45, 2.75) is 0 Å². The van der Waals surface area contributed by atoms with Gasteiger partial charge in [-0.05, 0) is 24.3 Å². The van der Waals surface area contributed by atoms with Crippen LogP contribution in [0.2, 0.25) is 0 Å². The molecule has 1 aliphatic heterocycles. The van der Waals surface area contributed by atoms with Crippen LogP contribution in [0.25, 0.3) is 11.3 Å². The topological polar surface area (TPSA) is 76.6 Å². The van der Waals surface area contributed by atoms with Gasteiger partial charge in [0, 0.05) is 11.8 Å². The molecule has 0 fully saturated rings. The number of aromatic nitrogens is 1. The summed E-state index contributed by atoms with van der Waals surface area (Å²) in [5, 5.41) is 0.484. The first-order valence-corrected chi connectivity index (χ1v) is 7.87. The van der Waals surface area contributed by atoms with Crippen molar-refractivity contribution in [1.82, 2.24) is 10.0 Å². The average molecular weight is 344 g/mol. The van der Waals surface area contributed by atoms with E-state index in [1.807, 2.05) is 30.3 Å². The largest absolute Gasteiger partial charge is 0.365 e. The Morgan fingerprint density at radius 2 is 1.42 bits per heavy atom. The molecular formula is C20H12N2O4. The fraction of sp³-hybridized carbons (Fsp3) is 0. The summed E-state index contributed by atoms with van der Waals surface area (Å²) in [6.45, 7) is 0. The number of amides is 2. The van der Waals surface area contributed by atoms with Crippen molar-refractivity contribution in [3.63, 3.8) is 0 Å². The number of pyridine rings is 1. The quantitative estimate of drug-likeness (QED) is 0.682. The Kier molecular flexibility index (Phi) is 3.78. The maximum absolute atomic E-state index is 12.3. The Morgan fingerprint density at radius 1 is 0.808 bits per heavy atom. The second-order valence-electron chi connectivity index (χ2n) is 5.63. The highest BCUT2D eigenvalue weighted by atomic mass is 16.7. The lowest BCUT2D eigenvalue weighted by molar-refractivity contribution is -0.0584. The molecule has 1 aliphatic rings. The molecule has 2 aromatic carbocycles. The minimum atomic E-state index is -0.827. The van der Waals surface area contributed by atoms with Crippen LogP contribution in [0.5, 0.6) is 0 Å². The molecule has 2 amide bonds. The van der Waals surface area contributed by atoms with Gasteiger partial charge in [0.15, 0.2) is 0 Å². The molecule has 6 nitrogen and oxygen atoms in total. The molecule has 0 spiro atoms. The lowest BCUT2D eigenvalue weighted by Gasteiger charge is -2.12. The van der Waals surface area contributed by atoms with Crippen molar-refractivity contribution >= 4 is 17.8 Å². The van der Waals surface area contributed by atoms with Gasteiger partial charge in [-0.3, -0.25) is 14.6 Å². The molecule has 26 heavy (non-hydrogen) atoms. The molecule has 4 rings (SSSR count). The van der Waals surface area contributed by atoms with Gasteiger partial charge in [-0.15, -0.1) is 0 Å². The molecule has 0 N–H and O–H groups in total. The van der Waals surface area contributed by atoms with Gasteiger partial charge in [0.05, 0.1) is 22.4 Å². The highest BCUT2D eigenvalue weighted by molar-refractivity contribution is 6.21. The van der Waals surface area contributed by atoms with E-state index in [0.717, 1.165) is 5.56 Å². The van der Waals surface area contributed by atoms with Gasteiger partial charge in [0.2, 0.25) is 0 Å². The maximum atomic E-state index is 12.3. The number of hydrogen-bond acceptors (Lipinski definition) is 5. The smallest absolute Gasteiger partial charge is 0.324 e. The lowest BCUT2D eigenvalue weighted by Crippen LogP contribution is -2.32. The summed E-state index contributed by atoms with van der Waals surface area (Å²) in [6, 6.07) is 19.0. The molecular weight excluding hydrogens is 332 g/mol. The van der Waals surface area contributed by atoms with Crippen molar-refractivity contribution in [3.8, 4) is 11.3 Å². The van der Waals surface area contributed by atoms with E-state index in [0.29, 0.717) is 10.8 Å². The van der Waals surface area contributed by atoms with E-state index in [4.69, 9.17) is 4.84 Å². The average Bonchev–Trinajstić information content (AvgIpc) is 2.94. The van der Waals surface area contributed by atoms with Crippen LogP contribution in [-0.2, 0) is 4.84 Å². The summed E-state index contributed by atoms with van der Waals surface area (Å²) in [7, 11) is 0. The van der Waals surface area contributed by atoms with Gasteiger partial charge in [-0.2, -0.15) is 0 Å². The lowest BCUT2D eigenvalue weighted by atomic mass is 10.1. The molecule has 0 atom stereocenters. The van der Waals surface area contributed by atoms with Crippen LogP contribution in [0.3, 0.4) is 0 Å². The van der Waals surface area contributed by atoms with Crippen molar-refractivity contribution in [3.05, 3.63) is 89.6 Å². The van der Waals surface area contributed by atoms with E-state index in [2.05, 4.69) is 4.98 Å². The standard InChI is InChI=1S/C20H12N2O4/c23-18-15-8-4-5-9-16(15)19(24)22(18)26-20(25)14-10-11-17(21-12-14)13-6-2-1-3-7-13/h1-12H. The summed E-state index contributed by atoms with van der Waals surface area (Å²) in [4.78, 5) is 46.0. The monoisotopic (exact) mass is 344 g/mol. The molecule has 2 heterocycles. The second kappa shape index (κ2) is 6.25.